The third-order valence-electron chi connectivity index (χ3n) is 8.96. The van der Waals surface area contributed by atoms with E-state index in [1.807, 2.05) is 56.6 Å². The molecule has 1 amide bonds. The highest BCUT2D eigenvalue weighted by atomic mass is 32.2. The van der Waals surface area contributed by atoms with Gasteiger partial charge in [-0.05, 0) is 79.6 Å². The van der Waals surface area contributed by atoms with Gasteiger partial charge in [0.2, 0.25) is 21.8 Å². The average molecular weight is 633 g/mol. The predicted molar refractivity (Wildman–Crippen MR) is 169 cm³/mol. The lowest BCUT2D eigenvalue weighted by atomic mass is 9.84. The molecule has 3 atom stereocenters. The molecule has 238 valence electrons. The Labute approximate surface area is 264 Å². The first kappa shape index (κ1) is 31.1. The number of aromatic nitrogens is 4. The van der Waals surface area contributed by atoms with E-state index in [9.17, 15) is 13.2 Å². The number of nitrogens with one attached hydrogen (secondary N) is 1. The number of sulfonamides is 1. The highest BCUT2D eigenvalue weighted by Gasteiger charge is 2.35. The normalized spacial score (nSPS) is 20.4. The third-order valence-corrected chi connectivity index (χ3v) is 10.8. The molecule has 6 rings (SSSR count). The molecule has 1 saturated heterocycles. The van der Waals surface area contributed by atoms with Crippen LogP contribution in [0.3, 0.4) is 0 Å². The molecule has 45 heavy (non-hydrogen) atoms. The number of pyridine rings is 1. The fraction of sp³-hybridized carbons (Fsp3) is 0.455. The molecule has 1 fully saturated rings. The van der Waals surface area contributed by atoms with Crippen LogP contribution in [0.25, 0.3) is 11.0 Å². The number of hydrogen-bond acceptors (Lipinski definition) is 8. The Kier molecular flexibility index (Phi) is 8.89. The van der Waals surface area contributed by atoms with E-state index in [0.29, 0.717) is 26.2 Å². The molecule has 0 radical (unpaired) electrons. The van der Waals surface area contributed by atoms with Crippen LogP contribution >= 0.6 is 0 Å². The molecule has 2 aromatic heterocycles. The third kappa shape index (κ3) is 6.18. The van der Waals surface area contributed by atoms with E-state index in [1.165, 1.54) is 4.31 Å². The van der Waals surface area contributed by atoms with Crippen LogP contribution in [0.2, 0.25) is 0 Å². The molecular formula is C33H40N6O5S. The van der Waals surface area contributed by atoms with Crippen molar-refractivity contribution in [3.8, 4) is 5.88 Å². The van der Waals surface area contributed by atoms with E-state index in [0.717, 1.165) is 45.3 Å². The zero-order valence-electron chi connectivity index (χ0n) is 26.2. The van der Waals surface area contributed by atoms with Gasteiger partial charge in [-0.3, -0.25) is 4.79 Å². The van der Waals surface area contributed by atoms with Crippen LogP contribution in [-0.4, -0.2) is 70.5 Å². The Morgan fingerprint density at radius 1 is 1.16 bits per heavy atom. The summed E-state index contributed by atoms with van der Waals surface area (Å²) in [5.41, 5.74) is 6.47. The maximum absolute atomic E-state index is 13.9. The number of ether oxygens (including phenoxy) is 2. The molecule has 4 aromatic rings. The molecule has 4 heterocycles. The van der Waals surface area contributed by atoms with E-state index < -0.39 is 10.0 Å². The van der Waals surface area contributed by atoms with Crippen molar-refractivity contribution in [3.63, 3.8) is 0 Å². The lowest BCUT2D eigenvalue weighted by molar-refractivity contribution is -0.122. The van der Waals surface area contributed by atoms with E-state index in [4.69, 9.17) is 9.47 Å². The Morgan fingerprint density at radius 3 is 2.76 bits per heavy atom. The summed E-state index contributed by atoms with van der Waals surface area (Å²) in [6.45, 7) is 10.2. The van der Waals surface area contributed by atoms with Crippen molar-refractivity contribution in [2.24, 2.45) is 0 Å². The highest BCUT2D eigenvalue weighted by Crippen LogP contribution is 2.36. The lowest BCUT2D eigenvalue weighted by Gasteiger charge is -2.25. The van der Waals surface area contributed by atoms with Crippen molar-refractivity contribution in [2.75, 3.05) is 19.8 Å². The van der Waals surface area contributed by atoms with E-state index in [2.05, 4.69) is 26.7 Å². The average Bonchev–Trinajstić information content (AvgIpc) is 3.68. The molecule has 0 bridgehead atoms. The van der Waals surface area contributed by atoms with Crippen molar-refractivity contribution >= 4 is 27.0 Å². The zero-order valence-corrected chi connectivity index (χ0v) is 27.0. The summed E-state index contributed by atoms with van der Waals surface area (Å²) in [5, 5.41) is 11.9. The highest BCUT2D eigenvalue weighted by molar-refractivity contribution is 7.89. The van der Waals surface area contributed by atoms with Crippen molar-refractivity contribution in [3.05, 3.63) is 76.5 Å². The van der Waals surface area contributed by atoms with Gasteiger partial charge in [-0.1, -0.05) is 36.4 Å². The zero-order chi connectivity index (χ0) is 31.7. The van der Waals surface area contributed by atoms with Gasteiger partial charge < -0.3 is 14.8 Å². The van der Waals surface area contributed by atoms with Crippen LogP contribution < -0.4 is 10.1 Å². The van der Waals surface area contributed by atoms with Crippen molar-refractivity contribution in [1.29, 1.82) is 0 Å². The minimum Gasteiger partial charge on any atom is -0.472 e. The van der Waals surface area contributed by atoms with Crippen LogP contribution in [0, 0.1) is 13.8 Å². The summed E-state index contributed by atoms with van der Waals surface area (Å²) < 4.78 is 42.6. The molecule has 0 spiro atoms. The number of benzene rings is 2. The smallest absolute Gasteiger partial charge is 0.248 e. The Morgan fingerprint density at radius 2 is 2.00 bits per heavy atom. The van der Waals surface area contributed by atoms with Gasteiger partial charge >= 0.3 is 0 Å². The Balaban J connectivity index is 1.38. The molecule has 2 aliphatic rings. The Bertz CT molecular complexity index is 1820. The lowest BCUT2D eigenvalue weighted by Crippen LogP contribution is -2.36. The number of carbonyl (C=O) groups is 1. The second-order valence-corrected chi connectivity index (χ2v) is 13.8. The van der Waals surface area contributed by atoms with Gasteiger partial charge in [-0.25, -0.2) is 18.1 Å². The van der Waals surface area contributed by atoms with Crippen LogP contribution in [-0.2, 0) is 32.6 Å². The van der Waals surface area contributed by atoms with Crippen LogP contribution in [0.5, 0.6) is 5.88 Å². The van der Waals surface area contributed by atoms with E-state index in [-0.39, 0.29) is 54.3 Å². The standard InChI is InChI=1S/C33H40N6O5S/c1-5-26-19-38(45(41,42)30-8-7-14-34-33(30)44-26)18-24-16-23(10-9-21(24)3)28(17-31(40)35-25-13-15-43-20-25)27-11-12-29-32(22(27)4)36-37-39(29)6-2/h7-12,14,16,25-26,28H,5-6,13,15,17-20H2,1-4H3,(H,35,40)/t25?,26-,28+/m1/s1. The number of fused-ring (bicyclic) bond motifs is 2. The van der Waals surface area contributed by atoms with Crippen LogP contribution in [0.4, 0.5) is 0 Å². The molecule has 12 heteroatoms. The van der Waals surface area contributed by atoms with E-state index >= 15 is 0 Å². The predicted octanol–water partition coefficient (Wildman–Crippen LogP) is 4.25. The number of amides is 1. The quantitative estimate of drug-likeness (QED) is 0.290. The monoisotopic (exact) mass is 632 g/mol. The maximum atomic E-state index is 13.9. The minimum absolute atomic E-state index is 0.000834. The number of rotatable bonds is 9. The summed E-state index contributed by atoms with van der Waals surface area (Å²) in [7, 11) is -3.87. The van der Waals surface area contributed by atoms with Gasteiger partial charge in [-0.15, -0.1) is 5.10 Å². The van der Waals surface area contributed by atoms with Crippen LogP contribution in [0.1, 0.15) is 66.8 Å². The largest absolute Gasteiger partial charge is 0.472 e. The van der Waals surface area contributed by atoms with E-state index in [1.54, 1.807) is 18.3 Å². The van der Waals surface area contributed by atoms with Gasteiger partial charge in [-0.2, -0.15) is 4.31 Å². The number of carbonyl (C=O) groups excluding carboxylic acids is 1. The number of aryl methyl sites for hydroxylation is 3. The summed E-state index contributed by atoms with van der Waals surface area (Å²) >= 11 is 0. The molecule has 2 aliphatic heterocycles. The van der Waals surface area contributed by atoms with Gasteiger partial charge in [0.05, 0.1) is 24.7 Å². The molecule has 1 unspecified atom stereocenters. The number of hydrogen-bond donors (Lipinski definition) is 1. The Hall–Kier alpha value is -3.87. The first-order valence-electron chi connectivity index (χ1n) is 15.6. The number of nitrogens with zero attached hydrogens (tertiary/aromatic N) is 5. The summed E-state index contributed by atoms with van der Waals surface area (Å²) in [6, 6.07) is 13.3. The maximum Gasteiger partial charge on any atom is 0.248 e. The molecule has 0 saturated carbocycles. The fourth-order valence-corrected chi connectivity index (χ4v) is 7.79. The molecular weight excluding hydrogens is 592 g/mol. The van der Waals surface area contributed by atoms with Crippen molar-refractivity contribution in [1.82, 2.24) is 29.6 Å². The van der Waals surface area contributed by atoms with Crippen molar-refractivity contribution in [2.45, 2.75) is 83.0 Å². The minimum atomic E-state index is -3.87. The van der Waals surface area contributed by atoms with Crippen molar-refractivity contribution < 1.29 is 22.7 Å². The van der Waals surface area contributed by atoms with Gasteiger partial charge in [0.1, 0.15) is 16.5 Å². The first-order chi connectivity index (χ1) is 21.7. The van der Waals surface area contributed by atoms with Gasteiger partial charge in [0.25, 0.3) is 0 Å². The van der Waals surface area contributed by atoms with Gasteiger partial charge in [0.15, 0.2) is 0 Å². The molecule has 11 nitrogen and oxygen atoms in total. The molecule has 0 aliphatic carbocycles. The van der Waals surface area contributed by atoms with Crippen LogP contribution in [0.15, 0.2) is 53.6 Å². The van der Waals surface area contributed by atoms with Gasteiger partial charge in [0, 0.05) is 38.2 Å². The summed E-state index contributed by atoms with van der Waals surface area (Å²) in [6.07, 6.45) is 2.86. The topological polar surface area (TPSA) is 129 Å². The second kappa shape index (κ2) is 12.9. The summed E-state index contributed by atoms with van der Waals surface area (Å²) in [4.78, 5) is 17.7. The fourth-order valence-electron chi connectivity index (χ4n) is 6.27. The summed E-state index contributed by atoms with van der Waals surface area (Å²) in [5.74, 6) is -0.210. The molecule has 2 aromatic carbocycles. The SMILES string of the molecule is CC[C@@H]1CN(Cc2cc([C@H](CC(=O)NC3CCOC3)c3ccc4c(nnn4CC)c3C)ccc2C)S(=O)(=O)c2cccnc2O1. The second-order valence-electron chi connectivity index (χ2n) is 11.9. The molecule has 1 N–H and O–H groups in total. The first-order valence-corrected chi connectivity index (χ1v) is 17.0.